The number of piperidine rings is 1. The number of amides is 3. The number of ether oxygens (including phenoxy) is 2. The van der Waals surface area contributed by atoms with Crippen LogP contribution in [-0.2, 0) is 38.3 Å². The van der Waals surface area contributed by atoms with Crippen LogP contribution in [0.2, 0.25) is 0 Å². The Labute approximate surface area is 404 Å². The van der Waals surface area contributed by atoms with Crippen LogP contribution in [0.1, 0.15) is 99.8 Å². The summed E-state index contributed by atoms with van der Waals surface area (Å²) in [7, 11) is 0. The van der Waals surface area contributed by atoms with Crippen molar-refractivity contribution >= 4 is 34.9 Å². The van der Waals surface area contributed by atoms with Gasteiger partial charge in [-0.3, -0.25) is 14.4 Å². The van der Waals surface area contributed by atoms with E-state index in [1.165, 1.54) is 17.7 Å². The highest BCUT2D eigenvalue weighted by atomic mass is 32.1. The van der Waals surface area contributed by atoms with Crippen LogP contribution in [0.5, 0.6) is 5.75 Å². The fourth-order valence-corrected chi connectivity index (χ4v) is 9.93. The molecule has 0 aliphatic carbocycles. The molecule has 3 aromatic carbocycles. The van der Waals surface area contributed by atoms with E-state index in [9.17, 15) is 27.6 Å². The van der Waals surface area contributed by atoms with E-state index >= 15 is 0 Å². The first-order chi connectivity index (χ1) is 33.1. The number of aryl methyl sites for hydroxylation is 2. The van der Waals surface area contributed by atoms with Crippen molar-refractivity contribution in [1.29, 1.82) is 0 Å². The van der Waals surface area contributed by atoms with Gasteiger partial charge >= 0.3 is 6.18 Å². The number of benzene rings is 3. The molecule has 366 valence electrons. The molecule has 0 saturated carbocycles. The molecule has 3 aliphatic heterocycles. The van der Waals surface area contributed by atoms with Gasteiger partial charge in [-0.2, -0.15) is 22.9 Å². The Morgan fingerprint density at radius 3 is 2.25 bits per heavy atom. The Kier molecular flexibility index (Phi) is 15.5. The molecule has 18 heteroatoms. The zero-order valence-electron chi connectivity index (χ0n) is 39.6. The molecule has 2 N–H and O–H groups in total. The number of halogens is 3. The van der Waals surface area contributed by atoms with E-state index in [2.05, 4.69) is 42.8 Å². The van der Waals surface area contributed by atoms with E-state index in [4.69, 9.17) is 14.6 Å². The van der Waals surface area contributed by atoms with Crippen LogP contribution in [-0.4, -0.2) is 105 Å². The number of thiazole rings is 1. The maximum Gasteiger partial charge on any atom is 0.416 e. The van der Waals surface area contributed by atoms with E-state index in [1.54, 1.807) is 20.9 Å². The average Bonchev–Trinajstić information content (AvgIpc) is 4.12. The fourth-order valence-electron chi connectivity index (χ4n) is 9.12. The summed E-state index contributed by atoms with van der Waals surface area (Å²) in [4.78, 5) is 49.8. The van der Waals surface area contributed by atoms with Gasteiger partial charge in [-0.05, 0) is 97.7 Å². The van der Waals surface area contributed by atoms with Gasteiger partial charge < -0.3 is 29.9 Å². The van der Waals surface area contributed by atoms with E-state index in [0.717, 1.165) is 84.2 Å². The maximum atomic E-state index is 14.0. The third kappa shape index (κ3) is 12.2. The maximum absolute atomic E-state index is 14.0. The Morgan fingerprint density at radius 2 is 1.57 bits per heavy atom. The number of hydrogen-bond acceptors (Lipinski definition) is 11. The summed E-state index contributed by atoms with van der Waals surface area (Å²) in [6, 6.07) is 19.8. The zero-order chi connectivity index (χ0) is 48.7. The van der Waals surface area contributed by atoms with Gasteiger partial charge in [0.1, 0.15) is 30.3 Å². The van der Waals surface area contributed by atoms with E-state index in [-0.39, 0.29) is 24.3 Å². The second-order valence-electron chi connectivity index (χ2n) is 19.0. The molecule has 0 spiro atoms. The number of aromatic nitrogens is 4. The normalized spacial score (nSPS) is 17.0. The molecular formula is C51H60F3N9O5S. The van der Waals surface area contributed by atoms with Gasteiger partial charge in [-0.25, -0.2) is 4.98 Å². The molecule has 0 unspecified atom stereocenters. The lowest BCUT2D eigenvalue weighted by atomic mass is 9.85. The Bertz CT molecular complexity index is 2580. The smallest absolute Gasteiger partial charge is 0.416 e. The zero-order valence-corrected chi connectivity index (χ0v) is 40.4. The molecular weight excluding hydrogens is 908 g/mol. The second-order valence-corrected chi connectivity index (χ2v) is 19.9. The molecule has 2 fully saturated rings. The molecule has 2 atom stereocenters. The first-order valence-corrected chi connectivity index (χ1v) is 24.6. The van der Waals surface area contributed by atoms with E-state index in [1.807, 2.05) is 69.6 Å². The third-order valence-corrected chi connectivity index (χ3v) is 14.0. The number of alkyl halides is 3. The standard InChI is InChI=1S/C51H60F3N9O5S/c1-33-45(69-32-56-33)37-11-9-34(10-12-37)30-55-48(65)41-8-7-25-62(41)49(66)46(50(2,3)4)57-44(64)31-67-28-5-6-29-68-40-19-15-35(16-20-40)36-23-26-61(27-24-36)43-22-21-42-58-59-47(63(42)60-43)38-13-17-39(18-14-38)51(52,53)54/h9-20,32,36,41,46H,5-8,21-31H2,1-4H3,(H,55,65)(H,57,64)/t41-,46+/m0/s1. The SMILES string of the molecule is Cc1ncsc1-c1ccc(CNC(=O)[C@@H]2CCCN2C(=O)[C@@H](NC(=O)COCCCCOc2ccc(C3CCN(C4=Nn5c(nnc5-c5ccc(C(F)(F)F)cc5)CC4)CC3)cc2)C(C)(C)C)cc1. The van der Waals surface area contributed by atoms with Crippen molar-refractivity contribution in [2.24, 2.45) is 10.5 Å². The van der Waals surface area contributed by atoms with Crippen molar-refractivity contribution in [2.75, 3.05) is 39.5 Å². The summed E-state index contributed by atoms with van der Waals surface area (Å²) in [6.07, 6.45) is 1.54. The number of fused-ring (bicyclic) bond motifs is 1. The highest BCUT2D eigenvalue weighted by Crippen LogP contribution is 2.34. The van der Waals surface area contributed by atoms with Crippen LogP contribution in [0.25, 0.3) is 21.8 Å². The number of nitrogens with zero attached hydrogens (tertiary/aromatic N) is 7. The van der Waals surface area contributed by atoms with Crippen molar-refractivity contribution in [3.63, 3.8) is 0 Å². The number of carbonyl (C=O) groups excluding carboxylic acids is 3. The molecule has 14 nitrogen and oxygen atoms in total. The van der Waals surface area contributed by atoms with Gasteiger partial charge in [0, 0.05) is 51.2 Å². The minimum Gasteiger partial charge on any atom is -0.494 e. The van der Waals surface area contributed by atoms with Crippen molar-refractivity contribution in [3.05, 3.63) is 107 Å². The predicted octanol–water partition coefficient (Wildman–Crippen LogP) is 8.40. The summed E-state index contributed by atoms with van der Waals surface area (Å²) in [5, 5.41) is 19.3. The molecule has 5 heterocycles. The molecule has 5 aromatic rings. The van der Waals surface area contributed by atoms with Crippen molar-refractivity contribution < 1.29 is 37.0 Å². The molecule has 69 heavy (non-hydrogen) atoms. The highest BCUT2D eigenvalue weighted by Gasteiger charge is 2.42. The van der Waals surface area contributed by atoms with Crippen LogP contribution in [0.3, 0.4) is 0 Å². The first-order valence-electron chi connectivity index (χ1n) is 23.7. The molecule has 0 radical (unpaired) electrons. The number of amidine groups is 1. The Morgan fingerprint density at radius 1 is 0.855 bits per heavy atom. The number of carbonyl (C=O) groups is 3. The average molecular weight is 968 g/mol. The lowest BCUT2D eigenvalue weighted by molar-refractivity contribution is -0.144. The van der Waals surface area contributed by atoms with Gasteiger partial charge in [0.05, 0.1) is 28.3 Å². The minimum atomic E-state index is -4.41. The molecule has 2 aromatic heterocycles. The number of hydrogen-bond donors (Lipinski definition) is 2. The van der Waals surface area contributed by atoms with Gasteiger partial charge in [-0.1, -0.05) is 69.3 Å². The summed E-state index contributed by atoms with van der Waals surface area (Å²) < 4.78 is 52.7. The second kappa shape index (κ2) is 21.7. The Balaban J connectivity index is 0.721. The van der Waals surface area contributed by atoms with Gasteiger partial charge in [0.2, 0.25) is 17.7 Å². The summed E-state index contributed by atoms with van der Waals surface area (Å²) in [5.41, 5.74) is 5.32. The third-order valence-electron chi connectivity index (χ3n) is 13.0. The summed E-state index contributed by atoms with van der Waals surface area (Å²) in [5.74, 6) is 2.36. The number of nitrogens with one attached hydrogen (secondary N) is 2. The topological polar surface area (TPSA) is 156 Å². The number of likely N-dealkylation sites (tertiary alicyclic amines) is 2. The monoisotopic (exact) mass is 967 g/mol. The van der Waals surface area contributed by atoms with Crippen molar-refractivity contribution in [2.45, 2.75) is 110 Å². The van der Waals surface area contributed by atoms with Crippen LogP contribution in [0.15, 0.2) is 83.4 Å². The van der Waals surface area contributed by atoms with Gasteiger partial charge in [0.15, 0.2) is 11.6 Å². The lowest BCUT2D eigenvalue weighted by Crippen LogP contribution is -2.58. The quantitative estimate of drug-likeness (QED) is 0.0928. The molecule has 2 saturated heterocycles. The molecule has 3 amide bonds. The number of rotatable bonds is 16. The predicted molar refractivity (Wildman–Crippen MR) is 257 cm³/mol. The molecule has 3 aliphatic rings. The highest BCUT2D eigenvalue weighted by molar-refractivity contribution is 7.13. The Hall–Kier alpha value is -6.14. The summed E-state index contributed by atoms with van der Waals surface area (Å²) in [6.45, 7) is 10.8. The molecule has 8 rings (SSSR count). The fraction of sp³-hybridized carbons (Fsp3) is 0.471. The van der Waals surface area contributed by atoms with Crippen LogP contribution < -0.4 is 15.4 Å². The summed E-state index contributed by atoms with van der Waals surface area (Å²) >= 11 is 1.59. The van der Waals surface area contributed by atoms with Gasteiger partial charge in [0.25, 0.3) is 0 Å². The van der Waals surface area contributed by atoms with Crippen LogP contribution in [0.4, 0.5) is 13.2 Å². The van der Waals surface area contributed by atoms with Gasteiger partial charge in [-0.15, -0.1) is 21.5 Å². The van der Waals surface area contributed by atoms with Crippen molar-refractivity contribution in [1.82, 2.24) is 40.3 Å². The lowest BCUT2D eigenvalue weighted by Gasteiger charge is -2.35. The van der Waals surface area contributed by atoms with Crippen LogP contribution in [0, 0.1) is 12.3 Å². The van der Waals surface area contributed by atoms with E-state index < -0.39 is 29.2 Å². The largest absolute Gasteiger partial charge is 0.494 e. The van der Waals surface area contributed by atoms with Crippen molar-refractivity contribution in [3.8, 4) is 27.6 Å². The minimum absolute atomic E-state index is 0.184. The molecule has 0 bridgehead atoms. The van der Waals surface area contributed by atoms with Crippen LogP contribution >= 0.6 is 11.3 Å². The number of unbranched alkanes of at least 4 members (excludes halogenated alkanes) is 1. The first kappa shape index (κ1) is 49.3. The van der Waals surface area contributed by atoms with E-state index in [0.29, 0.717) is 75.1 Å².